The molecule has 1 aliphatic heterocycles. The number of hydrogen-bond donors (Lipinski definition) is 1. The topological polar surface area (TPSA) is 49.8 Å². The number of phenols is 1. The number of para-hydroxylation sites is 1. The van der Waals surface area contributed by atoms with Gasteiger partial charge in [0.25, 0.3) is 5.91 Å². The van der Waals surface area contributed by atoms with E-state index in [1.165, 1.54) is 18.9 Å². The molecule has 0 aliphatic carbocycles. The standard InChI is InChI=1S/C18H15NO3S2/c1-11-5-3-4-6-13(11)19-17(21)16(24-18(19)23)10-12-7-8-15(22-2)14(20)9-12/h3-10,20H,1-2H3/b16-10+. The van der Waals surface area contributed by atoms with Gasteiger partial charge in [-0.2, -0.15) is 0 Å². The molecule has 0 saturated carbocycles. The largest absolute Gasteiger partial charge is 0.504 e. The Balaban J connectivity index is 1.94. The first-order valence-corrected chi connectivity index (χ1v) is 8.44. The quantitative estimate of drug-likeness (QED) is 0.662. The number of carbonyl (C=O) groups is 1. The summed E-state index contributed by atoms with van der Waals surface area (Å²) in [5, 5.41) is 9.87. The lowest BCUT2D eigenvalue weighted by Crippen LogP contribution is -2.28. The number of rotatable bonds is 3. The van der Waals surface area contributed by atoms with Crippen LogP contribution in [0.15, 0.2) is 47.4 Å². The molecule has 0 unspecified atom stereocenters. The molecule has 3 rings (SSSR count). The molecule has 1 saturated heterocycles. The minimum absolute atomic E-state index is 0.0284. The summed E-state index contributed by atoms with van der Waals surface area (Å²) < 4.78 is 5.52. The zero-order chi connectivity index (χ0) is 17.3. The summed E-state index contributed by atoms with van der Waals surface area (Å²) in [4.78, 5) is 14.8. The van der Waals surface area contributed by atoms with Gasteiger partial charge in [0.1, 0.15) is 0 Å². The van der Waals surface area contributed by atoms with E-state index >= 15 is 0 Å². The smallest absolute Gasteiger partial charge is 0.270 e. The van der Waals surface area contributed by atoms with Crippen LogP contribution in [0.2, 0.25) is 0 Å². The van der Waals surface area contributed by atoms with Gasteiger partial charge in [0.2, 0.25) is 0 Å². The van der Waals surface area contributed by atoms with E-state index in [0.29, 0.717) is 20.5 Å². The Morgan fingerprint density at radius 1 is 1.25 bits per heavy atom. The molecular weight excluding hydrogens is 342 g/mol. The lowest BCUT2D eigenvalue weighted by molar-refractivity contribution is -0.113. The van der Waals surface area contributed by atoms with Crippen molar-refractivity contribution in [3.63, 3.8) is 0 Å². The normalized spacial score (nSPS) is 16.1. The molecule has 6 heteroatoms. The lowest BCUT2D eigenvalue weighted by atomic mass is 10.1. The molecule has 1 amide bonds. The molecule has 2 aromatic rings. The van der Waals surface area contributed by atoms with E-state index in [9.17, 15) is 9.90 Å². The van der Waals surface area contributed by atoms with E-state index in [4.69, 9.17) is 17.0 Å². The van der Waals surface area contributed by atoms with Crippen molar-refractivity contribution in [2.45, 2.75) is 6.92 Å². The van der Waals surface area contributed by atoms with Gasteiger partial charge < -0.3 is 9.84 Å². The number of methoxy groups -OCH3 is 1. The number of thiocarbonyl (C=S) groups is 1. The van der Waals surface area contributed by atoms with E-state index < -0.39 is 0 Å². The van der Waals surface area contributed by atoms with Crippen molar-refractivity contribution in [3.8, 4) is 11.5 Å². The van der Waals surface area contributed by atoms with Crippen LogP contribution in [0.1, 0.15) is 11.1 Å². The summed E-state index contributed by atoms with van der Waals surface area (Å²) in [7, 11) is 1.49. The van der Waals surface area contributed by atoms with Crippen molar-refractivity contribution >= 4 is 46.0 Å². The van der Waals surface area contributed by atoms with Crippen molar-refractivity contribution in [1.82, 2.24) is 0 Å². The fourth-order valence-corrected chi connectivity index (χ4v) is 3.72. The second kappa shape index (κ2) is 6.67. The molecule has 1 fully saturated rings. The fourth-order valence-electron chi connectivity index (χ4n) is 2.44. The fraction of sp³-hybridized carbons (Fsp3) is 0.111. The van der Waals surface area contributed by atoms with E-state index in [1.54, 1.807) is 29.2 Å². The molecule has 4 nitrogen and oxygen atoms in total. The summed E-state index contributed by atoms with van der Waals surface area (Å²) in [6.07, 6.45) is 1.72. The monoisotopic (exact) mass is 357 g/mol. The minimum atomic E-state index is -0.158. The van der Waals surface area contributed by atoms with Gasteiger partial charge in [0.15, 0.2) is 15.8 Å². The maximum absolute atomic E-state index is 12.7. The third kappa shape index (κ3) is 3.02. The number of carbonyl (C=O) groups excluding carboxylic acids is 1. The number of aromatic hydroxyl groups is 1. The van der Waals surface area contributed by atoms with Crippen LogP contribution in [0.25, 0.3) is 6.08 Å². The number of nitrogens with zero attached hydrogens (tertiary/aromatic N) is 1. The lowest BCUT2D eigenvalue weighted by Gasteiger charge is -2.16. The number of aryl methyl sites for hydroxylation is 1. The average Bonchev–Trinajstić information content (AvgIpc) is 2.82. The highest BCUT2D eigenvalue weighted by molar-refractivity contribution is 8.27. The third-order valence-corrected chi connectivity index (χ3v) is 4.95. The molecule has 0 bridgehead atoms. The van der Waals surface area contributed by atoms with Crippen LogP contribution in [0, 0.1) is 6.92 Å². The first-order chi connectivity index (χ1) is 11.5. The number of hydrogen-bond acceptors (Lipinski definition) is 5. The van der Waals surface area contributed by atoms with Crippen molar-refractivity contribution in [2.75, 3.05) is 12.0 Å². The Labute approximate surface area is 149 Å². The van der Waals surface area contributed by atoms with Gasteiger partial charge in [-0.3, -0.25) is 9.69 Å². The van der Waals surface area contributed by atoms with Crippen LogP contribution in [-0.2, 0) is 4.79 Å². The van der Waals surface area contributed by atoms with Crippen LogP contribution >= 0.6 is 24.0 Å². The number of amides is 1. The summed E-state index contributed by atoms with van der Waals surface area (Å²) >= 11 is 6.63. The summed E-state index contributed by atoms with van der Waals surface area (Å²) in [5.41, 5.74) is 2.48. The molecule has 122 valence electrons. The molecule has 0 atom stereocenters. The second-order valence-corrected chi connectivity index (χ2v) is 6.91. The van der Waals surface area contributed by atoms with Gasteiger partial charge in [-0.25, -0.2) is 0 Å². The molecule has 1 heterocycles. The van der Waals surface area contributed by atoms with Gasteiger partial charge >= 0.3 is 0 Å². The Morgan fingerprint density at radius 3 is 2.67 bits per heavy atom. The maximum Gasteiger partial charge on any atom is 0.270 e. The molecule has 0 spiro atoms. The highest BCUT2D eigenvalue weighted by Gasteiger charge is 2.33. The molecule has 0 radical (unpaired) electrons. The molecule has 2 aromatic carbocycles. The van der Waals surface area contributed by atoms with Crippen LogP contribution in [0.5, 0.6) is 11.5 Å². The van der Waals surface area contributed by atoms with Crippen molar-refractivity contribution in [2.24, 2.45) is 0 Å². The summed E-state index contributed by atoms with van der Waals surface area (Å²) in [6, 6.07) is 12.6. The van der Waals surface area contributed by atoms with Crippen molar-refractivity contribution < 1.29 is 14.6 Å². The molecular formula is C18H15NO3S2. The van der Waals surface area contributed by atoms with Gasteiger partial charge in [0, 0.05) is 0 Å². The van der Waals surface area contributed by atoms with Gasteiger partial charge in [0.05, 0.1) is 17.7 Å². The molecule has 1 N–H and O–H groups in total. The number of phenolic OH excluding ortho intramolecular Hbond substituents is 1. The first kappa shape index (κ1) is 16.5. The molecule has 24 heavy (non-hydrogen) atoms. The van der Waals surface area contributed by atoms with E-state index in [-0.39, 0.29) is 11.7 Å². The van der Waals surface area contributed by atoms with Gasteiger partial charge in [-0.05, 0) is 42.3 Å². The SMILES string of the molecule is COc1ccc(/C=C2/SC(=S)N(c3ccccc3C)C2=O)cc1O. The first-order valence-electron chi connectivity index (χ1n) is 7.22. The second-order valence-electron chi connectivity index (χ2n) is 5.23. The summed E-state index contributed by atoms with van der Waals surface area (Å²) in [5.74, 6) is 0.259. The Morgan fingerprint density at radius 2 is 2.00 bits per heavy atom. The maximum atomic E-state index is 12.7. The number of ether oxygens (including phenoxy) is 1. The van der Waals surface area contributed by atoms with E-state index in [1.807, 2.05) is 31.2 Å². The average molecular weight is 357 g/mol. The third-order valence-electron chi connectivity index (χ3n) is 3.65. The highest BCUT2D eigenvalue weighted by atomic mass is 32.2. The Bertz CT molecular complexity index is 861. The van der Waals surface area contributed by atoms with Crippen molar-refractivity contribution in [1.29, 1.82) is 0 Å². The molecule has 0 aromatic heterocycles. The Hall–Kier alpha value is -2.31. The summed E-state index contributed by atoms with van der Waals surface area (Å²) in [6.45, 7) is 1.94. The highest BCUT2D eigenvalue weighted by Crippen LogP contribution is 2.37. The number of thioether (sulfide) groups is 1. The van der Waals surface area contributed by atoms with Gasteiger partial charge in [-0.15, -0.1) is 0 Å². The predicted molar refractivity (Wildman–Crippen MR) is 101 cm³/mol. The number of benzene rings is 2. The van der Waals surface area contributed by atoms with E-state index in [2.05, 4.69) is 0 Å². The van der Waals surface area contributed by atoms with Crippen LogP contribution in [0.4, 0.5) is 5.69 Å². The van der Waals surface area contributed by atoms with Crippen LogP contribution < -0.4 is 9.64 Å². The predicted octanol–water partition coefficient (Wildman–Crippen LogP) is 4.12. The zero-order valence-corrected chi connectivity index (χ0v) is 14.8. The van der Waals surface area contributed by atoms with Crippen molar-refractivity contribution in [3.05, 3.63) is 58.5 Å². The Kier molecular flexibility index (Phi) is 4.59. The zero-order valence-electron chi connectivity index (χ0n) is 13.1. The van der Waals surface area contributed by atoms with Crippen LogP contribution in [0.3, 0.4) is 0 Å². The van der Waals surface area contributed by atoms with Crippen LogP contribution in [-0.4, -0.2) is 22.4 Å². The molecule has 1 aliphatic rings. The minimum Gasteiger partial charge on any atom is -0.504 e. The number of anilines is 1. The van der Waals surface area contributed by atoms with Gasteiger partial charge in [-0.1, -0.05) is 48.2 Å². The van der Waals surface area contributed by atoms with E-state index in [0.717, 1.165) is 11.3 Å².